The number of nitrogens with one attached hydrogen (secondary N) is 1. The fourth-order valence-corrected chi connectivity index (χ4v) is 3.16. The molecule has 0 spiro atoms. The van der Waals surface area contributed by atoms with Crippen molar-refractivity contribution in [1.82, 2.24) is 20.2 Å². The van der Waals surface area contributed by atoms with Gasteiger partial charge in [-0.05, 0) is 46.2 Å². The normalized spacial score (nSPS) is 10.9. The Balaban J connectivity index is 1.67. The minimum absolute atomic E-state index is 0.141. The zero-order chi connectivity index (χ0) is 18.5. The van der Waals surface area contributed by atoms with E-state index in [0.29, 0.717) is 16.8 Å². The lowest BCUT2D eigenvalue weighted by molar-refractivity contribution is -0.113. The van der Waals surface area contributed by atoms with Gasteiger partial charge in [0.25, 0.3) is 0 Å². The van der Waals surface area contributed by atoms with E-state index in [2.05, 4.69) is 34.7 Å². The van der Waals surface area contributed by atoms with Crippen molar-refractivity contribution in [3.05, 3.63) is 59.9 Å². The van der Waals surface area contributed by atoms with Gasteiger partial charge in [0, 0.05) is 5.69 Å². The van der Waals surface area contributed by atoms with Gasteiger partial charge in [-0.15, -0.1) is 5.10 Å². The summed E-state index contributed by atoms with van der Waals surface area (Å²) in [5.41, 5.74) is 2.39. The molecular formula is C18H18FN5OS. The van der Waals surface area contributed by atoms with Gasteiger partial charge in [0.1, 0.15) is 5.82 Å². The Morgan fingerprint density at radius 2 is 2.04 bits per heavy atom. The van der Waals surface area contributed by atoms with Crippen LogP contribution in [0.2, 0.25) is 0 Å². The van der Waals surface area contributed by atoms with Gasteiger partial charge in [0.2, 0.25) is 11.1 Å². The number of nitrogens with zero attached hydrogens (tertiary/aromatic N) is 4. The number of aromatic nitrogens is 4. The van der Waals surface area contributed by atoms with Gasteiger partial charge < -0.3 is 5.32 Å². The molecule has 134 valence electrons. The quantitative estimate of drug-likeness (QED) is 0.670. The molecule has 0 saturated heterocycles. The molecule has 1 N–H and O–H groups in total. The fraction of sp³-hybridized carbons (Fsp3) is 0.222. The monoisotopic (exact) mass is 371 g/mol. The van der Waals surface area contributed by atoms with Crippen LogP contribution in [-0.2, 0) is 4.79 Å². The molecule has 1 heterocycles. The smallest absolute Gasteiger partial charge is 0.234 e. The number of thioether (sulfide) groups is 1. The number of rotatable bonds is 6. The van der Waals surface area contributed by atoms with Crippen molar-refractivity contribution in [2.75, 3.05) is 11.1 Å². The van der Waals surface area contributed by atoms with Crippen LogP contribution in [0.4, 0.5) is 10.1 Å². The average Bonchev–Trinajstić information content (AvgIpc) is 3.09. The molecule has 0 bridgehead atoms. The summed E-state index contributed by atoms with van der Waals surface area (Å²) >= 11 is 1.19. The fourth-order valence-electron chi connectivity index (χ4n) is 2.47. The van der Waals surface area contributed by atoms with Crippen molar-refractivity contribution in [2.24, 2.45) is 0 Å². The SMILES string of the molecule is CC(C)c1ccccc1NC(=O)CSc1nnnn1-c1cccc(F)c1. The van der Waals surface area contributed by atoms with E-state index in [0.717, 1.165) is 11.3 Å². The van der Waals surface area contributed by atoms with Crippen LogP contribution in [0.1, 0.15) is 25.3 Å². The number of amides is 1. The summed E-state index contributed by atoms with van der Waals surface area (Å²) in [5, 5.41) is 14.7. The first-order chi connectivity index (χ1) is 12.5. The molecule has 1 aromatic heterocycles. The summed E-state index contributed by atoms with van der Waals surface area (Å²) in [6, 6.07) is 13.7. The van der Waals surface area contributed by atoms with Crippen LogP contribution in [0.5, 0.6) is 0 Å². The van der Waals surface area contributed by atoms with Crippen molar-refractivity contribution >= 4 is 23.4 Å². The van der Waals surface area contributed by atoms with Crippen molar-refractivity contribution in [3.8, 4) is 5.69 Å². The van der Waals surface area contributed by atoms with E-state index >= 15 is 0 Å². The van der Waals surface area contributed by atoms with E-state index in [1.54, 1.807) is 12.1 Å². The zero-order valence-corrected chi connectivity index (χ0v) is 15.2. The third kappa shape index (κ3) is 4.26. The highest BCUT2D eigenvalue weighted by Gasteiger charge is 2.13. The maximum absolute atomic E-state index is 13.4. The summed E-state index contributed by atoms with van der Waals surface area (Å²) in [4.78, 5) is 12.3. The van der Waals surface area contributed by atoms with Crippen LogP contribution in [0.25, 0.3) is 5.69 Å². The van der Waals surface area contributed by atoms with Crippen LogP contribution in [0.15, 0.2) is 53.7 Å². The molecule has 2 aromatic carbocycles. The van der Waals surface area contributed by atoms with E-state index in [1.165, 1.54) is 28.6 Å². The Hall–Kier alpha value is -2.74. The molecule has 0 aliphatic rings. The molecule has 0 fully saturated rings. The summed E-state index contributed by atoms with van der Waals surface area (Å²) in [6.45, 7) is 4.15. The highest BCUT2D eigenvalue weighted by atomic mass is 32.2. The number of hydrogen-bond acceptors (Lipinski definition) is 5. The Kier molecular flexibility index (Phi) is 5.62. The van der Waals surface area contributed by atoms with Crippen molar-refractivity contribution in [2.45, 2.75) is 24.9 Å². The molecule has 0 saturated carbocycles. The van der Waals surface area contributed by atoms with Crippen LogP contribution < -0.4 is 5.32 Å². The first-order valence-corrected chi connectivity index (χ1v) is 9.09. The number of para-hydroxylation sites is 1. The minimum Gasteiger partial charge on any atom is -0.325 e. The van der Waals surface area contributed by atoms with Crippen molar-refractivity contribution in [3.63, 3.8) is 0 Å². The number of tetrazole rings is 1. The first kappa shape index (κ1) is 18.1. The van der Waals surface area contributed by atoms with Crippen LogP contribution in [-0.4, -0.2) is 31.9 Å². The first-order valence-electron chi connectivity index (χ1n) is 8.10. The standard InChI is InChI=1S/C18H18FN5OS/c1-12(2)15-8-3-4-9-16(15)20-17(25)11-26-18-21-22-23-24(18)14-7-5-6-13(19)10-14/h3-10,12H,11H2,1-2H3,(H,20,25). The topological polar surface area (TPSA) is 72.7 Å². The zero-order valence-electron chi connectivity index (χ0n) is 14.4. The van der Waals surface area contributed by atoms with Gasteiger partial charge in [-0.3, -0.25) is 4.79 Å². The molecule has 0 aliphatic heterocycles. The lowest BCUT2D eigenvalue weighted by atomic mass is 10.0. The predicted octanol–water partition coefficient (Wildman–Crippen LogP) is 3.66. The number of halogens is 1. The predicted molar refractivity (Wildman–Crippen MR) is 99.0 cm³/mol. The van der Waals surface area contributed by atoms with E-state index in [-0.39, 0.29) is 17.5 Å². The van der Waals surface area contributed by atoms with Crippen LogP contribution >= 0.6 is 11.8 Å². The third-order valence-electron chi connectivity index (χ3n) is 3.68. The Morgan fingerprint density at radius 3 is 2.81 bits per heavy atom. The average molecular weight is 371 g/mol. The summed E-state index contributed by atoms with van der Waals surface area (Å²) in [6.07, 6.45) is 0. The van der Waals surface area contributed by atoms with Gasteiger partial charge in [0.15, 0.2) is 0 Å². The van der Waals surface area contributed by atoms with Gasteiger partial charge >= 0.3 is 0 Å². The maximum atomic E-state index is 13.4. The van der Waals surface area contributed by atoms with E-state index < -0.39 is 0 Å². The maximum Gasteiger partial charge on any atom is 0.234 e. The highest BCUT2D eigenvalue weighted by Crippen LogP contribution is 2.24. The van der Waals surface area contributed by atoms with Gasteiger partial charge in [-0.25, -0.2) is 4.39 Å². The van der Waals surface area contributed by atoms with E-state index in [1.807, 2.05) is 24.3 Å². The third-order valence-corrected chi connectivity index (χ3v) is 4.60. The minimum atomic E-state index is -0.378. The Labute approximate surface area is 154 Å². The molecular weight excluding hydrogens is 353 g/mol. The lowest BCUT2D eigenvalue weighted by Gasteiger charge is -2.13. The second kappa shape index (κ2) is 8.09. The number of anilines is 1. The number of hydrogen-bond donors (Lipinski definition) is 1. The largest absolute Gasteiger partial charge is 0.325 e. The molecule has 8 heteroatoms. The summed E-state index contributed by atoms with van der Waals surface area (Å²) in [5.74, 6) is -0.0874. The van der Waals surface area contributed by atoms with Crippen molar-refractivity contribution in [1.29, 1.82) is 0 Å². The molecule has 0 atom stereocenters. The summed E-state index contributed by atoms with van der Waals surface area (Å²) < 4.78 is 14.8. The Bertz CT molecular complexity index is 912. The van der Waals surface area contributed by atoms with Crippen LogP contribution in [0, 0.1) is 5.82 Å². The Morgan fingerprint density at radius 1 is 1.23 bits per heavy atom. The molecule has 3 rings (SSSR count). The number of carbonyl (C=O) groups is 1. The molecule has 6 nitrogen and oxygen atoms in total. The lowest BCUT2D eigenvalue weighted by Crippen LogP contribution is -2.16. The highest BCUT2D eigenvalue weighted by molar-refractivity contribution is 7.99. The van der Waals surface area contributed by atoms with Gasteiger partial charge in [0.05, 0.1) is 11.4 Å². The second-order valence-corrected chi connectivity index (χ2v) is 6.87. The molecule has 3 aromatic rings. The number of carbonyl (C=O) groups excluding carboxylic acids is 1. The van der Waals surface area contributed by atoms with Crippen molar-refractivity contribution < 1.29 is 9.18 Å². The molecule has 26 heavy (non-hydrogen) atoms. The van der Waals surface area contributed by atoms with Gasteiger partial charge in [-0.2, -0.15) is 4.68 Å². The van der Waals surface area contributed by atoms with E-state index in [9.17, 15) is 9.18 Å². The molecule has 1 amide bonds. The molecule has 0 radical (unpaired) electrons. The summed E-state index contributed by atoms with van der Waals surface area (Å²) in [7, 11) is 0. The van der Waals surface area contributed by atoms with Gasteiger partial charge in [-0.1, -0.05) is 49.9 Å². The van der Waals surface area contributed by atoms with Crippen LogP contribution in [0.3, 0.4) is 0 Å². The molecule has 0 aliphatic carbocycles. The van der Waals surface area contributed by atoms with E-state index in [4.69, 9.17) is 0 Å². The second-order valence-electron chi connectivity index (χ2n) is 5.93. The number of benzene rings is 2. The molecule has 0 unspecified atom stereocenters.